The Bertz CT molecular complexity index is 552. The molecule has 0 atom stereocenters. The second-order valence-electron chi connectivity index (χ2n) is 2.45. The Morgan fingerprint density at radius 1 is 1.38 bits per heavy atom. The number of aromatic amines is 1. The molecule has 2 heterocycles. The van der Waals surface area contributed by atoms with E-state index in [0.29, 0.717) is 16.7 Å². The molecule has 0 saturated carbocycles. The second-order valence-corrected chi connectivity index (χ2v) is 2.45. The van der Waals surface area contributed by atoms with Gasteiger partial charge in [-0.3, -0.25) is 4.79 Å². The van der Waals surface area contributed by atoms with E-state index in [-0.39, 0.29) is 5.56 Å². The zero-order valence-corrected chi connectivity index (χ0v) is 6.48. The number of nitrogens with one attached hydrogen (secondary N) is 1. The first-order valence-electron chi connectivity index (χ1n) is 3.55. The lowest BCUT2D eigenvalue weighted by Gasteiger charge is -1.93. The summed E-state index contributed by atoms with van der Waals surface area (Å²) in [6, 6.07) is 3.46. The maximum Gasteiger partial charge on any atom is 0.266 e. The van der Waals surface area contributed by atoms with Gasteiger partial charge in [0, 0.05) is 6.20 Å². The molecular weight excluding hydrogens is 168 g/mol. The van der Waals surface area contributed by atoms with Crippen LogP contribution in [0.25, 0.3) is 11.2 Å². The summed E-state index contributed by atoms with van der Waals surface area (Å²) in [5, 5.41) is 8.56. The average Bonchev–Trinajstić information content (AvgIpc) is 2.16. The van der Waals surface area contributed by atoms with Crippen LogP contribution < -0.4 is 5.56 Å². The molecule has 13 heavy (non-hydrogen) atoms. The van der Waals surface area contributed by atoms with Gasteiger partial charge >= 0.3 is 0 Å². The van der Waals surface area contributed by atoms with Crippen molar-refractivity contribution >= 4 is 11.2 Å². The van der Waals surface area contributed by atoms with Crippen LogP contribution in [-0.2, 0) is 0 Å². The Kier molecular flexibility index (Phi) is 1.53. The summed E-state index contributed by atoms with van der Waals surface area (Å²) >= 11 is 0. The normalized spacial score (nSPS) is 9.77. The van der Waals surface area contributed by atoms with Gasteiger partial charge in [-0.2, -0.15) is 5.26 Å². The number of pyridine rings is 1. The van der Waals surface area contributed by atoms with Gasteiger partial charge in [-0.05, 0) is 6.07 Å². The molecule has 5 heteroatoms. The molecule has 2 aromatic rings. The Morgan fingerprint density at radius 2 is 2.15 bits per heavy atom. The summed E-state index contributed by atoms with van der Waals surface area (Å²) in [5.74, 6) is 0. The number of fused-ring (bicyclic) bond motifs is 1. The van der Waals surface area contributed by atoms with Crippen molar-refractivity contribution in [2.75, 3.05) is 0 Å². The van der Waals surface area contributed by atoms with E-state index < -0.39 is 0 Å². The van der Waals surface area contributed by atoms with Crippen LogP contribution >= 0.6 is 0 Å². The minimum atomic E-state index is -0.301. The highest BCUT2D eigenvalue weighted by atomic mass is 16.1. The Morgan fingerprint density at radius 3 is 2.92 bits per heavy atom. The van der Waals surface area contributed by atoms with Crippen LogP contribution in [0.1, 0.15) is 5.56 Å². The van der Waals surface area contributed by atoms with E-state index >= 15 is 0 Å². The van der Waals surface area contributed by atoms with Crippen molar-refractivity contribution in [2.24, 2.45) is 0 Å². The first-order valence-corrected chi connectivity index (χ1v) is 3.55. The molecule has 0 aliphatic carbocycles. The van der Waals surface area contributed by atoms with Crippen LogP contribution in [0.3, 0.4) is 0 Å². The predicted molar refractivity (Wildman–Crippen MR) is 44.9 cm³/mol. The minimum Gasteiger partial charge on any atom is -0.318 e. The number of nitrogens with zero attached hydrogens (tertiary/aromatic N) is 3. The fraction of sp³-hybridized carbons (Fsp3) is 0. The number of hydrogen-bond donors (Lipinski definition) is 1. The van der Waals surface area contributed by atoms with Crippen LogP contribution in [-0.4, -0.2) is 15.0 Å². The third-order valence-corrected chi connectivity index (χ3v) is 1.56. The highest BCUT2D eigenvalue weighted by Gasteiger charge is 1.98. The summed E-state index contributed by atoms with van der Waals surface area (Å²) in [4.78, 5) is 21.1. The molecule has 0 aliphatic rings. The fourth-order valence-corrected chi connectivity index (χ4v) is 0.998. The predicted octanol–water partition coefficient (Wildman–Crippen LogP) is 0.190. The van der Waals surface area contributed by atoms with Gasteiger partial charge in [-0.15, -0.1) is 0 Å². The Hall–Kier alpha value is -2.22. The summed E-state index contributed by atoms with van der Waals surface area (Å²) in [6.45, 7) is 0. The lowest BCUT2D eigenvalue weighted by atomic mass is 10.3. The standard InChI is InChI=1S/C8H4N4O/c9-2-5-1-6-8(10-3-5)11-4-7(13)12-6/h1,3-4H,(H,12,13). The summed E-state index contributed by atoms with van der Waals surface area (Å²) in [5.41, 5.74) is 1.01. The topological polar surface area (TPSA) is 82.4 Å². The molecule has 2 rings (SSSR count). The largest absolute Gasteiger partial charge is 0.318 e. The molecule has 0 spiro atoms. The molecule has 1 N–H and O–H groups in total. The third-order valence-electron chi connectivity index (χ3n) is 1.56. The first-order chi connectivity index (χ1) is 6.29. The molecule has 0 amide bonds. The molecule has 0 aromatic carbocycles. The number of H-pyrrole nitrogens is 1. The van der Waals surface area contributed by atoms with Crippen molar-refractivity contribution in [2.45, 2.75) is 0 Å². The zero-order valence-electron chi connectivity index (χ0n) is 6.48. The molecule has 0 saturated heterocycles. The van der Waals surface area contributed by atoms with Gasteiger partial charge in [-0.25, -0.2) is 9.97 Å². The van der Waals surface area contributed by atoms with Crippen molar-refractivity contribution in [3.05, 3.63) is 34.4 Å². The molecule has 0 unspecified atom stereocenters. The van der Waals surface area contributed by atoms with E-state index in [4.69, 9.17) is 5.26 Å². The maximum absolute atomic E-state index is 10.9. The average molecular weight is 172 g/mol. The van der Waals surface area contributed by atoms with Gasteiger partial charge in [0.2, 0.25) is 0 Å². The van der Waals surface area contributed by atoms with E-state index in [1.807, 2.05) is 6.07 Å². The summed E-state index contributed by atoms with van der Waals surface area (Å²) in [7, 11) is 0. The second kappa shape index (κ2) is 2.68. The van der Waals surface area contributed by atoms with E-state index in [9.17, 15) is 4.79 Å². The van der Waals surface area contributed by atoms with Crippen molar-refractivity contribution < 1.29 is 0 Å². The van der Waals surface area contributed by atoms with Gasteiger partial charge < -0.3 is 4.98 Å². The molecule has 2 aromatic heterocycles. The number of aromatic nitrogens is 3. The lowest BCUT2D eigenvalue weighted by Crippen LogP contribution is -2.05. The third kappa shape index (κ3) is 1.25. The van der Waals surface area contributed by atoms with Crippen LogP contribution in [0, 0.1) is 11.3 Å². The van der Waals surface area contributed by atoms with Gasteiger partial charge in [-0.1, -0.05) is 0 Å². The van der Waals surface area contributed by atoms with Gasteiger partial charge in [0.1, 0.15) is 6.07 Å². The van der Waals surface area contributed by atoms with Gasteiger partial charge in [0.15, 0.2) is 5.65 Å². The fourth-order valence-electron chi connectivity index (χ4n) is 0.998. The minimum absolute atomic E-state index is 0.301. The monoisotopic (exact) mass is 172 g/mol. The molecule has 0 aliphatic heterocycles. The quantitative estimate of drug-likeness (QED) is 0.614. The van der Waals surface area contributed by atoms with Crippen molar-refractivity contribution in [1.29, 1.82) is 5.26 Å². The Labute approximate surface area is 72.7 Å². The van der Waals surface area contributed by atoms with Crippen LogP contribution in [0.4, 0.5) is 0 Å². The molecule has 62 valence electrons. The van der Waals surface area contributed by atoms with Crippen molar-refractivity contribution in [1.82, 2.24) is 15.0 Å². The number of hydrogen-bond acceptors (Lipinski definition) is 4. The van der Waals surface area contributed by atoms with E-state index in [2.05, 4.69) is 15.0 Å². The maximum atomic E-state index is 10.9. The lowest BCUT2D eigenvalue weighted by molar-refractivity contribution is 1.17. The Balaban J connectivity index is 2.84. The highest BCUT2D eigenvalue weighted by molar-refractivity contribution is 5.70. The molecule has 0 bridgehead atoms. The van der Waals surface area contributed by atoms with Crippen LogP contribution in [0.5, 0.6) is 0 Å². The van der Waals surface area contributed by atoms with E-state index in [1.54, 1.807) is 0 Å². The molecule has 0 radical (unpaired) electrons. The number of rotatable bonds is 0. The van der Waals surface area contributed by atoms with Crippen molar-refractivity contribution in [3.8, 4) is 6.07 Å². The number of nitriles is 1. The van der Waals surface area contributed by atoms with Crippen LogP contribution in [0.2, 0.25) is 0 Å². The zero-order chi connectivity index (χ0) is 9.26. The SMILES string of the molecule is N#Cc1cnc2ncc(=O)[nH]c2c1. The molecule has 5 nitrogen and oxygen atoms in total. The summed E-state index contributed by atoms with van der Waals surface area (Å²) < 4.78 is 0. The molecular formula is C8H4N4O. The van der Waals surface area contributed by atoms with Crippen molar-refractivity contribution in [3.63, 3.8) is 0 Å². The smallest absolute Gasteiger partial charge is 0.266 e. The first kappa shape index (κ1) is 7.43. The highest BCUT2D eigenvalue weighted by Crippen LogP contribution is 2.04. The van der Waals surface area contributed by atoms with Gasteiger partial charge in [0.05, 0.1) is 17.3 Å². The van der Waals surface area contributed by atoms with Crippen LogP contribution in [0.15, 0.2) is 23.3 Å². The van der Waals surface area contributed by atoms with E-state index in [0.717, 1.165) is 6.20 Å². The van der Waals surface area contributed by atoms with Gasteiger partial charge in [0.25, 0.3) is 5.56 Å². The summed E-state index contributed by atoms with van der Waals surface area (Å²) in [6.07, 6.45) is 2.56. The van der Waals surface area contributed by atoms with E-state index in [1.165, 1.54) is 12.3 Å². The molecule has 0 fully saturated rings.